The van der Waals surface area contributed by atoms with Crippen LogP contribution in [0.5, 0.6) is 5.75 Å². The highest BCUT2D eigenvalue weighted by molar-refractivity contribution is 9.10. The minimum atomic E-state index is -3.99. The van der Waals surface area contributed by atoms with Crippen LogP contribution >= 0.6 is 26.6 Å². The molecule has 1 aromatic carbocycles. The Kier molecular flexibility index (Phi) is 3.76. The first-order chi connectivity index (χ1) is 7.27. The molecular weight excluding hydrogens is 326 g/mol. The van der Waals surface area contributed by atoms with Gasteiger partial charge in [-0.3, -0.25) is 10.1 Å². The van der Waals surface area contributed by atoms with Gasteiger partial charge in [-0.05, 0) is 15.9 Å². The quantitative estimate of drug-likeness (QED) is 0.482. The van der Waals surface area contributed by atoms with Gasteiger partial charge in [0, 0.05) is 27.3 Å². The second kappa shape index (κ2) is 4.56. The van der Waals surface area contributed by atoms with Gasteiger partial charge >= 0.3 is 5.69 Å². The summed E-state index contributed by atoms with van der Waals surface area (Å²) in [5.74, 6) is -0.174. The van der Waals surface area contributed by atoms with E-state index in [0.29, 0.717) is 0 Å². The molecule has 0 aliphatic rings. The van der Waals surface area contributed by atoms with Gasteiger partial charge in [-0.15, -0.1) is 0 Å². The molecule has 16 heavy (non-hydrogen) atoms. The standard InChI is InChI=1S/C7H5BrClNO5S/c1-15-6-3-7(16(9,13)14)4(8)2-5(6)10(11)12/h2-3H,1H3. The normalized spacial score (nSPS) is 11.2. The number of hydrogen-bond acceptors (Lipinski definition) is 5. The molecule has 0 saturated carbocycles. The summed E-state index contributed by atoms with van der Waals surface area (Å²) in [6, 6.07) is 2.01. The SMILES string of the molecule is COc1cc(S(=O)(=O)Cl)c(Br)cc1[N+](=O)[O-]. The first kappa shape index (κ1) is 13.2. The van der Waals surface area contributed by atoms with E-state index in [2.05, 4.69) is 15.9 Å². The Labute approximate surface area is 104 Å². The Morgan fingerprint density at radius 1 is 1.50 bits per heavy atom. The molecule has 0 N–H and O–H groups in total. The molecule has 0 radical (unpaired) electrons. The largest absolute Gasteiger partial charge is 0.490 e. The average Bonchev–Trinajstić information content (AvgIpc) is 2.15. The van der Waals surface area contributed by atoms with E-state index in [1.165, 1.54) is 7.11 Å². The number of nitrogens with zero attached hydrogens (tertiary/aromatic N) is 1. The average molecular weight is 331 g/mol. The Hall–Kier alpha value is -0.860. The zero-order chi connectivity index (χ0) is 12.5. The van der Waals surface area contributed by atoms with E-state index < -0.39 is 14.0 Å². The van der Waals surface area contributed by atoms with Crippen LogP contribution in [0.15, 0.2) is 21.5 Å². The van der Waals surface area contributed by atoms with Gasteiger partial charge in [0.2, 0.25) is 0 Å². The van der Waals surface area contributed by atoms with E-state index in [9.17, 15) is 18.5 Å². The topological polar surface area (TPSA) is 86.5 Å². The number of nitro groups is 1. The molecule has 1 aromatic rings. The highest BCUT2D eigenvalue weighted by Gasteiger charge is 2.23. The number of rotatable bonds is 3. The maximum atomic E-state index is 11.1. The van der Waals surface area contributed by atoms with Crippen LogP contribution in [0.4, 0.5) is 5.69 Å². The summed E-state index contributed by atoms with van der Waals surface area (Å²) < 4.78 is 26.9. The van der Waals surface area contributed by atoms with Crippen molar-refractivity contribution >= 4 is 41.4 Å². The summed E-state index contributed by atoms with van der Waals surface area (Å²) >= 11 is 2.89. The van der Waals surface area contributed by atoms with Crippen molar-refractivity contribution in [2.24, 2.45) is 0 Å². The summed E-state index contributed by atoms with van der Waals surface area (Å²) in [5, 5.41) is 10.6. The van der Waals surface area contributed by atoms with Gasteiger partial charge in [-0.2, -0.15) is 0 Å². The second-order valence-corrected chi connectivity index (χ2v) is 6.04. The van der Waals surface area contributed by atoms with Crippen LogP contribution in [0.25, 0.3) is 0 Å². The molecule has 0 saturated heterocycles. The van der Waals surface area contributed by atoms with Crippen molar-refractivity contribution in [3.8, 4) is 5.75 Å². The van der Waals surface area contributed by atoms with Crippen LogP contribution in [-0.4, -0.2) is 20.5 Å². The number of nitro benzene ring substituents is 1. The van der Waals surface area contributed by atoms with Crippen molar-refractivity contribution in [1.82, 2.24) is 0 Å². The van der Waals surface area contributed by atoms with E-state index in [0.717, 1.165) is 12.1 Å². The van der Waals surface area contributed by atoms with E-state index in [-0.39, 0.29) is 20.8 Å². The zero-order valence-corrected chi connectivity index (χ0v) is 11.0. The van der Waals surface area contributed by atoms with Crippen LogP contribution < -0.4 is 4.74 Å². The lowest BCUT2D eigenvalue weighted by Crippen LogP contribution is -1.98. The maximum Gasteiger partial charge on any atom is 0.312 e. The van der Waals surface area contributed by atoms with Gasteiger partial charge in [-0.1, -0.05) is 0 Å². The van der Waals surface area contributed by atoms with Crippen LogP contribution in [0.3, 0.4) is 0 Å². The van der Waals surface area contributed by atoms with Crippen LogP contribution in [0, 0.1) is 10.1 Å². The van der Waals surface area contributed by atoms with Crippen molar-refractivity contribution in [3.05, 3.63) is 26.7 Å². The predicted octanol–water partition coefficient (Wildman–Crippen LogP) is 2.29. The smallest absolute Gasteiger partial charge is 0.312 e. The molecule has 0 bridgehead atoms. The Morgan fingerprint density at radius 3 is 2.44 bits per heavy atom. The van der Waals surface area contributed by atoms with Crippen molar-refractivity contribution < 1.29 is 18.1 Å². The number of hydrogen-bond donors (Lipinski definition) is 0. The fourth-order valence-corrected chi connectivity index (χ4v) is 3.19. The zero-order valence-electron chi connectivity index (χ0n) is 7.81. The Morgan fingerprint density at radius 2 is 2.06 bits per heavy atom. The lowest BCUT2D eigenvalue weighted by Gasteiger charge is -2.05. The summed E-state index contributed by atoms with van der Waals surface area (Å²) in [7, 11) is 2.35. The molecule has 0 aromatic heterocycles. The summed E-state index contributed by atoms with van der Waals surface area (Å²) in [4.78, 5) is 9.65. The number of ether oxygens (including phenoxy) is 1. The fourth-order valence-electron chi connectivity index (χ4n) is 1.02. The van der Waals surface area contributed by atoms with E-state index in [1.54, 1.807) is 0 Å². The molecule has 0 atom stereocenters. The van der Waals surface area contributed by atoms with Crippen LogP contribution in [0.1, 0.15) is 0 Å². The number of benzene rings is 1. The molecule has 0 aliphatic carbocycles. The molecule has 9 heteroatoms. The minimum Gasteiger partial charge on any atom is -0.490 e. The number of methoxy groups -OCH3 is 1. The first-order valence-corrected chi connectivity index (χ1v) is 6.84. The predicted molar refractivity (Wildman–Crippen MR) is 60.4 cm³/mol. The lowest BCUT2D eigenvalue weighted by atomic mass is 10.3. The summed E-state index contributed by atoms with van der Waals surface area (Å²) in [5.41, 5.74) is -0.349. The van der Waals surface area contributed by atoms with Crippen LogP contribution in [-0.2, 0) is 9.05 Å². The molecule has 0 aliphatic heterocycles. The highest BCUT2D eigenvalue weighted by Crippen LogP contribution is 2.36. The van der Waals surface area contributed by atoms with Gasteiger partial charge < -0.3 is 4.74 Å². The van der Waals surface area contributed by atoms with Gasteiger partial charge in [0.15, 0.2) is 5.75 Å². The molecule has 0 unspecified atom stereocenters. The molecule has 6 nitrogen and oxygen atoms in total. The van der Waals surface area contributed by atoms with Crippen molar-refractivity contribution in [2.75, 3.05) is 7.11 Å². The highest BCUT2D eigenvalue weighted by atomic mass is 79.9. The van der Waals surface area contributed by atoms with Gasteiger partial charge in [0.1, 0.15) is 4.90 Å². The summed E-state index contributed by atoms with van der Waals surface area (Å²) in [6.07, 6.45) is 0. The third-order valence-corrected chi connectivity index (χ3v) is 3.97. The molecule has 0 amide bonds. The molecule has 0 spiro atoms. The third-order valence-electron chi connectivity index (χ3n) is 1.69. The van der Waals surface area contributed by atoms with Gasteiger partial charge in [-0.25, -0.2) is 8.42 Å². The second-order valence-electron chi connectivity index (χ2n) is 2.65. The van der Waals surface area contributed by atoms with Crippen LogP contribution in [0.2, 0.25) is 0 Å². The first-order valence-electron chi connectivity index (χ1n) is 3.74. The van der Waals surface area contributed by atoms with Gasteiger partial charge in [0.05, 0.1) is 12.0 Å². The Bertz CT molecular complexity index is 544. The van der Waals surface area contributed by atoms with Crippen molar-refractivity contribution in [3.63, 3.8) is 0 Å². The van der Waals surface area contributed by atoms with E-state index >= 15 is 0 Å². The third kappa shape index (κ3) is 2.63. The van der Waals surface area contributed by atoms with Crippen molar-refractivity contribution in [1.29, 1.82) is 0 Å². The van der Waals surface area contributed by atoms with E-state index in [4.69, 9.17) is 15.4 Å². The molecule has 88 valence electrons. The number of halogens is 2. The van der Waals surface area contributed by atoms with E-state index in [1.807, 2.05) is 0 Å². The Balaban J connectivity index is 3.56. The minimum absolute atomic E-state index is 0.00926. The fraction of sp³-hybridized carbons (Fsp3) is 0.143. The lowest BCUT2D eigenvalue weighted by molar-refractivity contribution is -0.385. The summed E-state index contributed by atoms with van der Waals surface area (Å²) in [6.45, 7) is 0. The molecule has 0 fully saturated rings. The van der Waals surface area contributed by atoms with Crippen molar-refractivity contribution in [2.45, 2.75) is 4.90 Å². The molecule has 0 heterocycles. The monoisotopic (exact) mass is 329 g/mol. The molecule has 1 rings (SSSR count). The molecular formula is C7H5BrClNO5S. The van der Waals surface area contributed by atoms with Gasteiger partial charge in [0.25, 0.3) is 9.05 Å². The maximum absolute atomic E-state index is 11.1.